The van der Waals surface area contributed by atoms with Crippen LogP contribution in [0.3, 0.4) is 0 Å². The lowest BCUT2D eigenvalue weighted by molar-refractivity contribution is 0.0745. The van der Waals surface area contributed by atoms with Gasteiger partial charge in [0, 0.05) is 37.6 Å². The fourth-order valence-corrected chi connectivity index (χ4v) is 4.34. The maximum atomic E-state index is 12.2. The van der Waals surface area contributed by atoms with E-state index in [4.69, 9.17) is 16.3 Å². The molecule has 0 bridgehead atoms. The molecule has 1 heterocycles. The van der Waals surface area contributed by atoms with E-state index in [9.17, 15) is 8.42 Å². The number of halogens is 1. The Morgan fingerprint density at radius 1 is 1.36 bits per heavy atom. The van der Waals surface area contributed by atoms with Crippen molar-refractivity contribution in [2.45, 2.75) is 30.4 Å². The summed E-state index contributed by atoms with van der Waals surface area (Å²) in [6, 6.07) is 7.78. The standard InChI is InChI=1S/C16H24ClNO3S/c1-13(14-4-3-5-15(17)10-14)11-18-12-16(22(2,19)20)6-8-21-9-7-16/h3-5,10,13,18H,6-9,11-12H2,1-2H3/t13-/m1/s1. The van der Waals surface area contributed by atoms with Gasteiger partial charge in [-0.15, -0.1) is 0 Å². The molecule has 1 aromatic rings. The zero-order valence-electron chi connectivity index (χ0n) is 13.1. The normalized spacial score (nSPS) is 19.8. The van der Waals surface area contributed by atoms with E-state index in [1.807, 2.05) is 24.3 Å². The van der Waals surface area contributed by atoms with E-state index in [0.29, 0.717) is 32.6 Å². The number of ether oxygens (including phenoxy) is 1. The molecule has 1 saturated heterocycles. The van der Waals surface area contributed by atoms with Gasteiger partial charge in [0.1, 0.15) is 0 Å². The van der Waals surface area contributed by atoms with Gasteiger partial charge in [0.05, 0.1) is 4.75 Å². The van der Waals surface area contributed by atoms with Crippen LogP contribution >= 0.6 is 11.6 Å². The van der Waals surface area contributed by atoms with Crippen molar-refractivity contribution in [1.82, 2.24) is 5.32 Å². The van der Waals surface area contributed by atoms with Gasteiger partial charge in [-0.3, -0.25) is 0 Å². The lowest BCUT2D eigenvalue weighted by Crippen LogP contribution is -2.51. The molecule has 6 heteroatoms. The highest BCUT2D eigenvalue weighted by Crippen LogP contribution is 2.29. The van der Waals surface area contributed by atoms with E-state index in [1.54, 1.807) is 0 Å². The van der Waals surface area contributed by atoms with Crippen LogP contribution < -0.4 is 5.32 Å². The van der Waals surface area contributed by atoms with Crippen LogP contribution in [0.1, 0.15) is 31.2 Å². The lowest BCUT2D eigenvalue weighted by atomic mass is 9.97. The second-order valence-electron chi connectivity index (χ2n) is 6.15. The first kappa shape index (κ1) is 17.7. The van der Waals surface area contributed by atoms with Crippen molar-refractivity contribution in [1.29, 1.82) is 0 Å². The van der Waals surface area contributed by atoms with Gasteiger partial charge in [-0.05, 0) is 36.5 Å². The lowest BCUT2D eigenvalue weighted by Gasteiger charge is -2.35. The van der Waals surface area contributed by atoms with E-state index in [1.165, 1.54) is 6.26 Å². The van der Waals surface area contributed by atoms with Gasteiger partial charge < -0.3 is 10.1 Å². The molecule has 1 atom stereocenters. The summed E-state index contributed by atoms with van der Waals surface area (Å²) in [5.74, 6) is 0.273. The third-order valence-corrected chi connectivity index (χ3v) is 6.87. The molecule has 0 aromatic heterocycles. The van der Waals surface area contributed by atoms with Crippen molar-refractivity contribution in [2.24, 2.45) is 0 Å². The summed E-state index contributed by atoms with van der Waals surface area (Å²) in [7, 11) is -3.12. The Morgan fingerprint density at radius 3 is 2.64 bits per heavy atom. The molecule has 1 aromatic carbocycles. The highest BCUT2D eigenvalue weighted by molar-refractivity contribution is 7.92. The van der Waals surface area contributed by atoms with Gasteiger partial charge in [0.15, 0.2) is 9.84 Å². The molecule has 1 N–H and O–H groups in total. The quantitative estimate of drug-likeness (QED) is 0.861. The van der Waals surface area contributed by atoms with Crippen molar-refractivity contribution in [3.8, 4) is 0 Å². The molecule has 1 aliphatic heterocycles. The van der Waals surface area contributed by atoms with Crippen LogP contribution in [0.5, 0.6) is 0 Å². The Balaban J connectivity index is 1.96. The SMILES string of the molecule is C[C@H](CNCC1(S(C)(=O)=O)CCOCC1)c1cccc(Cl)c1. The first-order chi connectivity index (χ1) is 10.3. The molecular formula is C16H24ClNO3S. The van der Waals surface area contributed by atoms with E-state index < -0.39 is 14.6 Å². The topological polar surface area (TPSA) is 55.4 Å². The number of hydrogen-bond donors (Lipinski definition) is 1. The van der Waals surface area contributed by atoms with Gasteiger partial charge in [-0.2, -0.15) is 0 Å². The average molecular weight is 346 g/mol. The van der Waals surface area contributed by atoms with Crippen LogP contribution in [-0.2, 0) is 14.6 Å². The molecule has 2 rings (SSSR count). The maximum absolute atomic E-state index is 12.2. The molecule has 0 spiro atoms. The Morgan fingerprint density at radius 2 is 2.05 bits per heavy atom. The minimum Gasteiger partial charge on any atom is -0.381 e. The van der Waals surface area contributed by atoms with Crippen LogP contribution in [0, 0.1) is 0 Å². The van der Waals surface area contributed by atoms with Crippen LogP contribution in [-0.4, -0.2) is 45.7 Å². The molecule has 1 aliphatic rings. The summed E-state index contributed by atoms with van der Waals surface area (Å²) in [5, 5.41) is 4.07. The zero-order chi connectivity index (χ0) is 16.2. The minimum atomic E-state index is -3.12. The number of sulfone groups is 1. The molecule has 1 fully saturated rings. The smallest absolute Gasteiger partial charge is 0.154 e. The second kappa shape index (κ2) is 7.30. The molecule has 4 nitrogen and oxygen atoms in total. The molecule has 0 amide bonds. The number of benzene rings is 1. The van der Waals surface area contributed by atoms with Crippen LogP contribution in [0.25, 0.3) is 0 Å². The summed E-state index contributed by atoms with van der Waals surface area (Å²) in [4.78, 5) is 0. The molecule has 0 aliphatic carbocycles. The number of nitrogens with one attached hydrogen (secondary N) is 1. The van der Waals surface area contributed by atoms with Gasteiger partial charge >= 0.3 is 0 Å². The van der Waals surface area contributed by atoms with Gasteiger partial charge in [0.2, 0.25) is 0 Å². The zero-order valence-corrected chi connectivity index (χ0v) is 14.7. The molecule has 124 valence electrons. The Kier molecular flexibility index (Phi) is 5.88. The first-order valence-electron chi connectivity index (χ1n) is 7.58. The van der Waals surface area contributed by atoms with Crippen LogP contribution in [0.15, 0.2) is 24.3 Å². The third-order valence-electron chi connectivity index (χ3n) is 4.51. The monoisotopic (exact) mass is 345 g/mol. The third kappa shape index (κ3) is 4.22. The Labute approximate surface area is 138 Å². The average Bonchev–Trinajstić information content (AvgIpc) is 2.47. The molecule has 0 radical (unpaired) electrons. The molecule has 0 saturated carbocycles. The van der Waals surface area contributed by atoms with Crippen molar-refractivity contribution < 1.29 is 13.2 Å². The fourth-order valence-electron chi connectivity index (χ4n) is 2.87. The summed E-state index contributed by atoms with van der Waals surface area (Å²) >= 11 is 6.01. The molecule has 22 heavy (non-hydrogen) atoms. The maximum Gasteiger partial charge on any atom is 0.154 e. The highest BCUT2D eigenvalue weighted by Gasteiger charge is 2.41. The number of hydrogen-bond acceptors (Lipinski definition) is 4. The predicted octanol–water partition coefficient (Wildman–Crippen LogP) is 2.63. The molecular weight excluding hydrogens is 322 g/mol. The van der Waals surface area contributed by atoms with Crippen molar-refractivity contribution in [3.63, 3.8) is 0 Å². The summed E-state index contributed by atoms with van der Waals surface area (Å²) in [6.45, 7) is 4.32. The van der Waals surface area contributed by atoms with Gasteiger partial charge in [-0.1, -0.05) is 30.7 Å². The van der Waals surface area contributed by atoms with Crippen molar-refractivity contribution in [2.75, 3.05) is 32.6 Å². The van der Waals surface area contributed by atoms with E-state index in [2.05, 4.69) is 12.2 Å². The van der Waals surface area contributed by atoms with Crippen LogP contribution in [0.2, 0.25) is 5.02 Å². The highest BCUT2D eigenvalue weighted by atomic mass is 35.5. The van der Waals surface area contributed by atoms with Crippen molar-refractivity contribution in [3.05, 3.63) is 34.9 Å². The summed E-state index contributed by atoms with van der Waals surface area (Å²) < 4.78 is 29.0. The summed E-state index contributed by atoms with van der Waals surface area (Å²) in [5.41, 5.74) is 1.15. The van der Waals surface area contributed by atoms with Gasteiger partial charge in [-0.25, -0.2) is 8.42 Å². The van der Waals surface area contributed by atoms with Crippen LogP contribution in [0.4, 0.5) is 0 Å². The van der Waals surface area contributed by atoms with E-state index in [0.717, 1.165) is 17.1 Å². The Hall–Kier alpha value is -0.620. The minimum absolute atomic E-state index is 0.273. The van der Waals surface area contributed by atoms with E-state index >= 15 is 0 Å². The fraction of sp³-hybridized carbons (Fsp3) is 0.625. The predicted molar refractivity (Wildman–Crippen MR) is 90.4 cm³/mol. The van der Waals surface area contributed by atoms with E-state index in [-0.39, 0.29) is 5.92 Å². The number of rotatable bonds is 6. The largest absolute Gasteiger partial charge is 0.381 e. The second-order valence-corrected chi connectivity index (χ2v) is 9.00. The molecule has 0 unspecified atom stereocenters. The van der Waals surface area contributed by atoms with Crippen molar-refractivity contribution >= 4 is 21.4 Å². The first-order valence-corrected chi connectivity index (χ1v) is 9.84. The summed E-state index contributed by atoms with van der Waals surface area (Å²) in [6.07, 6.45) is 2.45. The van der Waals surface area contributed by atoms with Gasteiger partial charge in [0.25, 0.3) is 0 Å². The Bertz CT molecular complexity index is 597.